The first-order valence-corrected chi connectivity index (χ1v) is 5.29. The molecule has 2 aromatic rings. The number of rotatable bonds is 3. The number of hydrogen-bond acceptors (Lipinski definition) is 7. The summed E-state index contributed by atoms with van der Waals surface area (Å²) in [5.41, 5.74) is 6.34. The molecular weight excluding hydrogens is 214 g/mol. The van der Waals surface area contributed by atoms with Crippen LogP contribution in [-0.4, -0.2) is 36.3 Å². The van der Waals surface area contributed by atoms with Crippen LogP contribution in [0.15, 0.2) is 11.4 Å². The Morgan fingerprint density at radius 2 is 2.40 bits per heavy atom. The topological polar surface area (TPSA) is 106 Å². The monoisotopic (exact) mass is 223 g/mol. The van der Waals surface area contributed by atoms with Crippen molar-refractivity contribution in [2.45, 2.75) is 12.1 Å². The molecule has 0 amide bonds. The molecule has 0 unspecified atom stereocenters. The summed E-state index contributed by atoms with van der Waals surface area (Å²) in [6, 6.07) is 0. The number of hydrogen-bond donors (Lipinski definition) is 2. The average Bonchev–Trinajstić information content (AvgIpc) is 2.71. The van der Waals surface area contributed by atoms with E-state index in [0.717, 1.165) is 5.75 Å². The number of nitrogens with one attached hydrogen (secondary N) is 1. The van der Waals surface area contributed by atoms with Crippen molar-refractivity contribution in [3.8, 4) is 11.4 Å². The highest BCUT2D eigenvalue weighted by Crippen LogP contribution is 2.21. The molecule has 15 heavy (non-hydrogen) atoms. The minimum Gasteiger partial charge on any atom is -0.383 e. The predicted octanol–water partition coefficient (Wildman–Crippen LogP) is 0.351. The van der Waals surface area contributed by atoms with Crippen molar-refractivity contribution >= 4 is 17.6 Å². The molecule has 7 nitrogen and oxygen atoms in total. The van der Waals surface area contributed by atoms with Crippen LogP contribution in [0.5, 0.6) is 0 Å². The lowest BCUT2D eigenvalue weighted by atomic mass is 10.3. The van der Waals surface area contributed by atoms with Crippen molar-refractivity contribution in [2.75, 3.05) is 11.5 Å². The van der Waals surface area contributed by atoms with E-state index in [0.29, 0.717) is 22.4 Å². The minimum atomic E-state index is 0.363. The summed E-state index contributed by atoms with van der Waals surface area (Å²) in [7, 11) is 0. The molecule has 0 atom stereocenters. The number of thioether (sulfide) groups is 1. The largest absolute Gasteiger partial charge is 0.383 e. The van der Waals surface area contributed by atoms with Crippen LogP contribution in [0, 0.1) is 0 Å². The molecule has 0 aliphatic heterocycles. The summed E-state index contributed by atoms with van der Waals surface area (Å²) in [6.07, 6.45) is 1.60. The van der Waals surface area contributed by atoms with Crippen LogP contribution in [0.25, 0.3) is 11.4 Å². The summed E-state index contributed by atoms with van der Waals surface area (Å²) >= 11 is 1.53. The molecule has 8 heteroatoms. The Balaban J connectivity index is 2.35. The fourth-order valence-electron chi connectivity index (χ4n) is 1.02. The summed E-state index contributed by atoms with van der Waals surface area (Å²) in [5, 5.41) is 14.1. The van der Waals surface area contributed by atoms with Gasteiger partial charge in [-0.1, -0.05) is 18.7 Å². The molecular formula is C7H9N7S. The van der Waals surface area contributed by atoms with Crippen molar-refractivity contribution in [1.29, 1.82) is 0 Å². The van der Waals surface area contributed by atoms with Gasteiger partial charge in [0.05, 0.1) is 5.56 Å². The molecule has 0 aliphatic rings. The van der Waals surface area contributed by atoms with Crippen molar-refractivity contribution < 1.29 is 0 Å². The third kappa shape index (κ3) is 2.04. The van der Waals surface area contributed by atoms with Crippen LogP contribution in [-0.2, 0) is 0 Å². The number of aromatic nitrogens is 6. The van der Waals surface area contributed by atoms with E-state index in [1.807, 2.05) is 6.92 Å². The van der Waals surface area contributed by atoms with Gasteiger partial charge in [-0.2, -0.15) is 5.21 Å². The molecule has 0 aromatic carbocycles. The van der Waals surface area contributed by atoms with Gasteiger partial charge in [-0.25, -0.2) is 9.97 Å². The summed E-state index contributed by atoms with van der Waals surface area (Å²) in [6.45, 7) is 2.03. The number of aromatic amines is 1. The number of nitrogen functional groups attached to an aromatic ring is 1. The maximum absolute atomic E-state index is 5.76. The smallest absolute Gasteiger partial charge is 0.209 e. The van der Waals surface area contributed by atoms with E-state index >= 15 is 0 Å². The maximum atomic E-state index is 5.76. The molecule has 78 valence electrons. The van der Waals surface area contributed by atoms with Crippen LogP contribution in [0.4, 0.5) is 5.82 Å². The zero-order valence-electron chi connectivity index (χ0n) is 8.01. The molecule has 2 heterocycles. The summed E-state index contributed by atoms with van der Waals surface area (Å²) in [5.74, 6) is 1.67. The van der Waals surface area contributed by atoms with E-state index in [-0.39, 0.29) is 0 Å². The highest BCUT2D eigenvalue weighted by molar-refractivity contribution is 7.99. The molecule has 2 rings (SSSR count). The van der Waals surface area contributed by atoms with Gasteiger partial charge >= 0.3 is 0 Å². The standard InChI is InChI=1S/C7H9N7S/c1-2-15-7-9-3-4(5(8)10-7)6-11-13-14-12-6/h3H,2H2,1H3,(H2,8,9,10)(H,11,12,13,14). The van der Waals surface area contributed by atoms with Crippen LogP contribution in [0.3, 0.4) is 0 Å². The van der Waals surface area contributed by atoms with Crippen LogP contribution < -0.4 is 5.73 Å². The minimum absolute atomic E-state index is 0.363. The molecule has 2 aromatic heterocycles. The van der Waals surface area contributed by atoms with Crippen LogP contribution >= 0.6 is 11.8 Å². The van der Waals surface area contributed by atoms with Gasteiger partial charge < -0.3 is 5.73 Å². The Morgan fingerprint density at radius 3 is 3.00 bits per heavy atom. The molecule has 0 bridgehead atoms. The van der Waals surface area contributed by atoms with Crippen molar-refractivity contribution in [2.24, 2.45) is 0 Å². The highest BCUT2D eigenvalue weighted by Gasteiger charge is 2.10. The fraction of sp³-hybridized carbons (Fsp3) is 0.286. The Labute approximate surface area is 89.9 Å². The van der Waals surface area contributed by atoms with E-state index in [4.69, 9.17) is 5.73 Å². The fourth-order valence-corrected chi connectivity index (χ4v) is 1.57. The number of anilines is 1. The third-order valence-corrected chi connectivity index (χ3v) is 2.40. The van der Waals surface area contributed by atoms with Gasteiger partial charge in [0.1, 0.15) is 5.82 Å². The van der Waals surface area contributed by atoms with Gasteiger partial charge in [-0.05, 0) is 11.0 Å². The number of H-pyrrole nitrogens is 1. The Kier molecular flexibility index (Phi) is 2.77. The first-order valence-electron chi connectivity index (χ1n) is 4.30. The second-order valence-corrected chi connectivity index (χ2v) is 3.85. The van der Waals surface area contributed by atoms with Gasteiger partial charge in [0.15, 0.2) is 5.16 Å². The summed E-state index contributed by atoms with van der Waals surface area (Å²) < 4.78 is 0. The molecule has 0 fully saturated rings. The van der Waals surface area contributed by atoms with E-state index in [1.165, 1.54) is 11.8 Å². The van der Waals surface area contributed by atoms with E-state index in [9.17, 15) is 0 Å². The van der Waals surface area contributed by atoms with Crippen molar-refractivity contribution in [3.63, 3.8) is 0 Å². The average molecular weight is 223 g/mol. The highest BCUT2D eigenvalue weighted by atomic mass is 32.2. The first kappa shape index (κ1) is 9.84. The molecule has 0 aliphatic carbocycles. The molecule has 0 spiro atoms. The number of nitrogens with zero attached hydrogens (tertiary/aromatic N) is 5. The lowest BCUT2D eigenvalue weighted by Crippen LogP contribution is -1.99. The zero-order valence-corrected chi connectivity index (χ0v) is 8.82. The number of tetrazole rings is 1. The second kappa shape index (κ2) is 4.22. The Bertz CT molecular complexity index is 441. The quantitative estimate of drug-likeness (QED) is 0.571. The molecule has 0 radical (unpaired) electrons. The first-order chi connectivity index (χ1) is 7.31. The Hall–Kier alpha value is -1.70. The maximum Gasteiger partial charge on any atom is 0.209 e. The van der Waals surface area contributed by atoms with E-state index in [1.54, 1.807) is 6.20 Å². The van der Waals surface area contributed by atoms with Gasteiger partial charge in [-0.15, -0.1) is 10.2 Å². The lowest BCUT2D eigenvalue weighted by Gasteiger charge is -2.01. The number of nitrogens with two attached hydrogens (primary N) is 1. The van der Waals surface area contributed by atoms with Crippen LogP contribution in [0.2, 0.25) is 0 Å². The van der Waals surface area contributed by atoms with Crippen LogP contribution in [0.1, 0.15) is 6.92 Å². The lowest BCUT2D eigenvalue weighted by molar-refractivity contribution is 0.881. The van der Waals surface area contributed by atoms with Gasteiger partial charge in [0.2, 0.25) is 5.82 Å². The molecule has 0 saturated carbocycles. The zero-order chi connectivity index (χ0) is 10.7. The van der Waals surface area contributed by atoms with E-state index < -0.39 is 0 Å². The van der Waals surface area contributed by atoms with E-state index in [2.05, 4.69) is 30.6 Å². The molecule has 3 N–H and O–H groups in total. The van der Waals surface area contributed by atoms with Gasteiger partial charge in [-0.3, -0.25) is 0 Å². The SMILES string of the molecule is CCSc1ncc(-c2nn[nH]n2)c(N)n1. The summed E-state index contributed by atoms with van der Waals surface area (Å²) in [4.78, 5) is 8.26. The van der Waals surface area contributed by atoms with Gasteiger partial charge in [0, 0.05) is 6.20 Å². The second-order valence-electron chi connectivity index (χ2n) is 2.62. The van der Waals surface area contributed by atoms with Crippen molar-refractivity contribution in [1.82, 2.24) is 30.6 Å². The molecule has 0 saturated heterocycles. The van der Waals surface area contributed by atoms with Crippen molar-refractivity contribution in [3.05, 3.63) is 6.20 Å². The normalized spacial score (nSPS) is 10.5. The third-order valence-electron chi connectivity index (χ3n) is 1.66. The van der Waals surface area contributed by atoms with Gasteiger partial charge in [0.25, 0.3) is 0 Å². The predicted molar refractivity (Wildman–Crippen MR) is 56.0 cm³/mol. The Morgan fingerprint density at radius 1 is 1.53 bits per heavy atom.